The Bertz CT molecular complexity index is 944. The number of nitrogens with two attached hydrogens (primary N) is 1. The number of aromatic amines is 1. The maximum absolute atomic E-state index is 12.3. The number of nitrogens with one attached hydrogen (secondary N) is 1. The van der Waals surface area contributed by atoms with Crippen molar-refractivity contribution >= 4 is 10.9 Å². The lowest BCUT2D eigenvalue weighted by Crippen LogP contribution is -2.85. The normalized spacial score (nSPS) is 13.8. The van der Waals surface area contributed by atoms with E-state index in [0.717, 1.165) is 17.8 Å². The van der Waals surface area contributed by atoms with Gasteiger partial charge in [0.05, 0.1) is 10.9 Å². The third-order valence-electron chi connectivity index (χ3n) is 5.45. The van der Waals surface area contributed by atoms with Crippen molar-refractivity contribution in [1.29, 1.82) is 0 Å². The zero-order chi connectivity index (χ0) is 19.4. The standard InChI is InChI=1S/C23H29N3O/c1-5-16(4)17-10-12-18(13-11-17)22(15(2)3)24-14-21-25-20-9-7-6-8-19(20)23(27)26-21/h6-13,15-16,22,24H,5,14H2,1-4H3,(H,25,26,27)/p+1/t16-,22+/m0/s1. The van der Waals surface area contributed by atoms with Crippen molar-refractivity contribution in [3.8, 4) is 0 Å². The first-order chi connectivity index (χ1) is 13.0. The number of benzene rings is 2. The molecular formula is C23H30N3O+. The Morgan fingerprint density at radius 3 is 2.33 bits per heavy atom. The van der Waals surface area contributed by atoms with Gasteiger partial charge >= 0.3 is 0 Å². The van der Waals surface area contributed by atoms with Crippen molar-refractivity contribution < 1.29 is 5.32 Å². The van der Waals surface area contributed by atoms with E-state index in [4.69, 9.17) is 0 Å². The molecule has 0 bridgehead atoms. The Balaban J connectivity index is 1.78. The second-order valence-corrected chi connectivity index (χ2v) is 7.72. The number of rotatable bonds is 7. The molecule has 1 aromatic heterocycles. The molecule has 142 valence electrons. The maximum Gasteiger partial charge on any atom is 0.258 e. The Morgan fingerprint density at radius 2 is 1.67 bits per heavy atom. The van der Waals surface area contributed by atoms with E-state index in [1.54, 1.807) is 0 Å². The molecule has 2 atom stereocenters. The van der Waals surface area contributed by atoms with E-state index in [1.165, 1.54) is 11.1 Å². The second-order valence-electron chi connectivity index (χ2n) is 7.72. The van der Waals surface area contributed by atoms with Crippen LogP contribution in [0.25, 0.3) is 10.9 Å². The van der Waals surface area contributed by atoms with Crippen LogP contribution < -0.4 is 10.9 Å². The van der Waals surface area contributed by atoms with Crippen molar-refractivity contribution in [1.82, 2.24) is 9.97 Å². The van der Waals surface area contributed by atoms with Gasteiger partial charge < -0.3 is 10.3 Å². The Hall–Kier alpha value is -2.46. The summed E-state index contributed by atoms with van der Waals surface area (Å²) in [6.45, 7) is 9.61. The molecular weight excluding hydrogens is 334 g/mol. The average molecular weight is 365 g/mol. The number of fused-ring (bicyclic) bond motifs is 1. The van der Waals surface area contributed by atoms with Crippen LogP contribution in [0, 0.1) is 5.92 Å². The van der Waals surface area contributed by atoms with Gasteiger partial charge in [-0.25, -0.2) is 4.98 Å². The van der Waals surface area contributed by atoms with Crippen LogP contribution in [0.2, 0.25) is 0 Å². The van der Waals surface area contributed by atoms with Gasteiger partial charge in [0.25, 0.3) is 5.56 Å². The van der Waals surface area contributed by atoms with E-state index in [-0.39, 0.29) is 5.56 Å². The highest BCUT2D eigenvalue weighted by Gasteiger charge is 2.20. The Labute approximate surface area is 161 Å². The number of aromatic nitrogens is 2. The quantitative estimate of drug-likeness (QED) is 0.668. The third kappa shape index (κ3) is 4.45. The number of H-pyrrole nitrogens is 1. The average Bonchev–Trinajstić information content (AvgIpc) is 2.68. The molecule has 4 heteroatoms. The molecule has 3 rings (SSSR count). The summed E-state index contributed by atoms with van der Waals surface area (Å²) in [7, 11) is 0. The van der Waals surface area contributed by atoms with E-state index in [9.17, 15) is 4.79 Å². The summed E-state index contributed by atoms with van der Waals surface area (Å²) in [6, 6.07) is 16.8. The number of nitrogens with zero attached hydrogens (tertiary/aromatic N) is 1. The predicted octanol–water partition coefficient (Wildman–Crippen LogP) is 3.90. The van der Waals surface area contributed by atoms with Gasteiger partial charge in [-0.1, -0.05) is 64.1 Å². The van der Waals surface area contributed by atoms with Gasteiger partial charge in [-0.3, -0.25) is 4.79 Å². The van der Waals surface area contributed by atoms with Gasteiger partial charge in [0.15, 0.2) is 5.82 Å². The first-order valence-electron chi connectivity index (χ1n) is 9.90. The second kappa shape index (κ2) is 8.49. The lowest BCUT2D eigenvalue weighted by molar-refractivity contribution is -0.718. The highest BCUT2D eigenvalue weighted by Crippen LogP contribution is 2.23. The molecule has 0 spiro atoms. The van der Waals surface area contributed by atoms with Crippen molar-refractivity contribution in [2.24, 2.45) is 5.92 Å². The molecule has 0 unspecified atom stereocenters. The first-order valence-corrected chi connectivity index (χ1v) is 9.90. The molecule has 27 heavy (non-hydrogen) atoms. The van der Waals surface area contributed by atoms with Crippen LogP contribution >= 0.6 is 0 Å². The van der Waals surface area contributed by atoms with Crippen LogP contribution in [0.5, 0.6) is 0 Å². The van der Waals surface area contributed by atoms with E-state index in [2.05, 4.69) is 67.2 Å². The predicted molar refractivity (Wildman–Crippen MR) is 111 cm³/mol. The zero-order valence-electron chi connectivity index (χ0n) is 16.7. The minimum absolute atomic E-state index is 0.0667. The Morgan fingerprint density at radius 1 is 1.00 bits per heavy atom. The molecule has 0 amide bonds. The van der Waals surface area contributed by atoms with Crippen molar-refractivity contribution in [2.45, 2.75) is 52.6 Å². The van der Waals surface area contributed by atoms with E-state index < -0.39 is 0 Å². The fourth-order valence-electron chi connectivity index (χ4n) is 3.55. The fraction of sp³-hybridized carbons (Fsp3) is 0.391. The van der Waals surface area contributed by atoms with E-state index in [1.807, 2.05) is 24.3 Å². The molecule has 3 aromatic rings. The summed E-state index contributed by atoms with van der Waals surface area (Å²) in [5.74, 6) is 1.79. The highest BCUT2D eigenvalue weighted by molar-refractivity contribution is 5.77. The van der Waals surface area contributed by atoms with Crippen LogP contribution in [0.4, 0.5) is 0 Å². The minimum Gasteiger partial charge on any atom is -0.334 e. The van der Waals surface area contributed by atoms with Gasteiger partial charge in [0.2, 0.25) is 0 Å². The lowest BCUT2D eigenvalue weighted by atomic mass is 9.92. The lowest BCUT2D eigenvalue weighted by Gasteiger charge is -2.20. The summed E-state index contributed by atoms with van der Waals surface area (Å²) in [6.07, 6.45) is 1.15. The number of hydrogen-bond acceptors (Lipinski definition) is 2. The zero-order valence-corrected chi connectivity index (χ0v) is 16.7. The van der Waals surface area contributed by atoms with Gasteiger partial charge in [-0.05, 0) is 30.0 Å². The Kier molecular flexibility index (Phi) is 6.07. The highest BCUT2D eigenvalue weighted by atomic mass is 16.1. The van der Waals surface area contributed by atoms with Crippen LogP contribution in [0.15, 0.2) is 53.3 Å². The van der Waals surface area contributed by atoms with Gasteiger partial charge in [-0.2, -0.15) is 0 Å². The van der Waals surface area contributed by atoms with E-state index >= 15 is 0 Å². The van der Waals surface area contributed by atoms with Crippen LogP contribution in [0.3, 0.4) is 0 Å². The van der Waals surface area contributed by atoms with Crippen molar-refractivity contribution in [2.75, 3.05) is 0 Å². The fourth-order valence-corrected chi connectivity index (χ4v) is 3.55. The van der Waals surface area contributed by atoms with Gasteiger partial charge in [-0.15, -0.1) is 0 Å². The summed E-state index contributed by atoms with van der Waals surface area (Å²) < 4.78 is 0. The monoisotopic (exact) mass is 364 g/mol. The largest absolute Gasteiger partial charge is 0.334 e. The molecule has 3 N–H and O–H groups in total. The maximum atomic E-state index is 12.3. The molecule has 1 heterocycles. The molecule has 0 saturated heterocycles. The smallest absolute Gasteiger partial charge is 0.258 e. The topological polar surface area (TPSA) is 62.4 Å². The molecule has 0 aliphatic rings. The third-order valence-corrected chi connectivity index (χ3v) is 5.45. The van der Waals surface area contributed by atoms with E-state index in [0.29, 0.717) is 29.8 Å². The van der Waals surface area contributed by atoms with Crippen LogP contribution in [-0.4, -0.2) is 9.97 Å². The summed E-state index contributed by atoms with van der Waals surface area (Å²) in [5.41, 5.74) is 3.40. The number of para-hydroxylation sites is 1. The van der Waals surface area contributed by atoms with Gasteiger partial charge in [0, 0.05) is 11.5 Å². The molecule has 0 fully saturated rings. The SMILES string of the molecule is CC[C@H](C)c1ccc([C@H]([NH2+]Cc2nc3ccccc3c(=O)[nH]2)C(C)C)cc1. The number of quaternary nitrogens is 1. The summed E-state index contributed by atoms with van der Waals surface area (Å²) in [5, 5.41) is 2.91. The molecule has 0 aliphatic carbocycles. The molecule has 2 aromatic carbocycles. The molecule has 4 nitrogen and oxygen atoms in total. The summed E-state index contributed by atoms with van der Waals surface area (Å²) >= 11 is 0. The van der Waals surface area contributed by atoms with Crippen molar-refractivity contribution in [3.63, 3.8) is 0 Å². The summed E-state index contributed by atoms with van der Waals surface area (Å²) in [4.78, 5) is 19.8. The first kappa shape index (κ1) is 19.3. The molecule has 0 aliphatic heterocycles. The molecule has 0 saturated carbocycles. The van der Waals surface area contributed by atoms with Gasteiger partial charge in [0.1, 0.15) is 12.6 Å². The minimum atomic E-state index is -0.0667. The van der Waals surface area contributed by atoms with Crippen LogP contribution in [0.1, 0.15) is 63.0 Å². The van der Waals surface area contributed by atoms with Crippen LogP contribution in [-0.2, 0) is 6.54 Å². The molecule has 0 radical (unpaired) electrons. The van der Waals surface area contributed by atoms with Crippen molar-refractivity contribution in [3.05, 3.63) is 75.8 Å². The number of hydrogen-bond donors (Lipinski definition) is 2.